The van der Waals surface area contributed by atoms with Crippen molar-refractivity contribution >= 4 is 34.4 Å². The number of carbonyl (C=O) groups excluding carboxylic acids is 1. The van der Waals surface area contributed by atoms with Crippen molar-refractivity contribution in [1.82, 2.24) is 4.98 Å². The Balaban J connectivity index is 1.59. The van der Waals surface area contributed by atoms with Gasteiger partial charge in [0, 0.05) is 30.8 Å². The van der Waals surface area contributed by atoms with Crippen molar-refractivity contribution in [3.05, 3.63) is 53.6 Å². The summed E-state index contributed by atoms with van der Waals surface area (Å²) in [5.74, 6) is -1.84. The number of aliphatic imine (C=N–C) groups is 1. The monoisotopic (exact) mass is 398 g/mol. The lowest BCUT2D eigenvalue weighted by atomic mass is 9.97. The van der Waals surface area contributed by atoms with E-state index in [0.717, 1.165) is 6.42 Å². The molecule has 1 atom stereocenters. The summed E-state index contributed by atoms with van der Waals surface area (Å²) in [4.78, 5) is 20.1. The molecule has 150 valence electrons. The lowest BCUT2D eigenvalue weighted by Gasteiger charge is -2.33. The first-order valence-corrected chi connectivity index (χ1v) is 9.31. The van der Waals surface area contributed by atoms with Gasteiger partial charge >= 0.3 is 0 Å². The van der Waals surface area contributed by atoms with E-state index in [2.05, 4.69) is 9.98 Å². The maximum atomic E-state index is 14.7. The van der Waals surface area contributed by atoms with Gasteiger partial charge in [-0.25, -0.2) is 8.78 Å². The van der Waals surface area contributed by atoms with Crippen molar-refractivity contribution in [2.45, 2.75) is 12.8 Å². The largest absolute Gasteiger partial charge is 0.494 e. The molecule has 29 heavy (non-hydrogen) atoms. The molecule has 8 heteroatoms. The number of aromatic nitrogens is 1. The Morgan fingerprint density at radius 2 is 2.10 bits per heavy atom. The van der Waals surface area contributed by atoms with E-state index in [1.165, 1.54) is 24.4 Å². The number of hydrogen-bond donors (Lipinski definition) is 3. The zero-order valence-corrected chi connectivity index (χ0v) is 15.5. The highest BCUT2D eigenvalue weighted by Crippen LogP contribution is 2.30. The Bertz CT molecular complexity index is 1110. The summed E-state index contributed by atoms with van der Waals surface area (Å²) in [7, 11) is 0. The number of anilines is 1. The Morgan fingerprint density at radius 1 is 1.28 bits per heavy atom. The maximum absolute atomic E-state index is 14.7. The van der Waals surface area contributed by atoms with Crippen LogP contribution in [0, 0.1) is 17.6 Å². The number of aromatic hydroxyl groups is 1. The van der Waals surface area contributed by atoms with Gasteiger partial charge in [0.05, 0.1) is 28.4 Å². The third-order valence-corrected chi connectivity index (χ3v) is 5.23. The molecule has 1 aliphatic rings. The minimum absolute atomic E-state index is 0.197. The summed E-state index contributed by atoms with van der Waals surface area (Å²) >= 11 is 0. The maximum Gasteiger partial charge on any atom is 0.222 e. The van der Waals surface area contributed by atoms with E-state index in [9.17, 15) is 18.7 Å². The highest BCUT2D eigenvalue weighted by atomic mass is 19.1. The summed E-state index contributed by atoms with van der Waals surface area (Å²) in [6, 6.07) is 8.96. The predicted molar refractivity (Wildman–Crippen MR) is 108 cm³/mol. The number of hydrogen-bond acceptors (Lipinski definition) is 4. The molecule has 3 aromatic rings. The van der Waals surface area contributed by atoms with Gasteiger partial charge in [0.15, 0.2) is 5.88 Å². The second-order valence-electron chi connectivity index (χ2n) is 7.13. The van der Waals surface area contributed by atoms with Crippen LogP contribution < -0.4 is 10.6 Å². The number of benzene rings is 2. The number of H-pyrrole nitrogens is 1. The van der Waals surface area contributed by atoms with E-state index in [1.807, 2.05) is 4.90 Å². The summed E-state index contributed by atoms with van der Waals surface area (Å²) in [5, 5.41) is 10.3. The SMILES string of the molecule is NC(=O)C1CCCN(c2ccc(N=Cc3c(O)[nH]c4cccc(F)c34)cc2F)C1. The molecule has 4 N–H and O–H groups in total. The molecule has 2 aromatic carbocycles. The molecule has 1 unspecified atom stereocenters. The minimum atomic E-state index is -0.490. The molecule has 0 bridgehead atoms. The number of fused-ring (bicyclic) bond motifs is 1. The van der Waals surface area contributed by atoms with Crippen LogP contribution in [0.2, 0.25) is 0 Å². The fourth-order valence-corrected chi connectivity index (χ4v) is 3.74. The van der Waals surface area contributed by atoms with Gasteiger partial charge in [-0.3, -0.25) is 9.79 Å². The molecule has 6 nitrogen and oxygen atoms in total. The quantitative estimate of drug-likeness (QED) is 0.586. The molecule has 0 spiro atoms. The number of piperidine rings is 1. The zero-order valence-electron chi connectivity index (χ0n) is 15.5. The molecule has 1 amide bonds. The van der Waals surface area contributed by atoms with Crippen molar-refractivity contribution in [1.29, 1.82) is 0 Å². The molecular weight excluding hydrogens is 378 g/mol. The number of nitrogens with two attached hydrogens (primary N) is 1. The normalized spacial score (nSPS) is 17.3. The fraction of sp³-hybridized carbons (Fsp3) is 0.238. The fourth-order valence-electron chi connectivity index (χ4n) is 3.74. The summed E-state index contributed by atoms with van der Waals surface area (Å²) in [6.45, 7) is 1.03. The van der Waals surface area contributed by atoms with E-state index < -0.39 is 11.6 Å². The highest BCUT2D eigenvalue weighted by molar-refractivity contribution is 6.02. The Hall–Kier alpha value is -3.42. The van der Waals surface area contributed by atoms with Gasteiger partial charge in [-0.1, -0.05) is 6.07 Å². The number of nitrogens with zero attached hydrogens (tertiary/aromatic N) is 2. The molecular formula is C21H20F2N4O2. The van der Waals surface area contributed by atoms with Crippen LogP contribution in [-0.2, 0) is 4.79 Å². The van der Waals surface area contributed by atoms with Crippen LogP contribution in [0.1, 0.15) is 18.4 Å². The number of aromatic amines is 1. The Kier molecular flexibility index (Phi) is 4.92. The van der Waals surface area contributed by atoms with Gasteiger partial charge in [0.1, 0.15) is 11.6 Å². The van der Waals surface area contributed by atoms with E-state index in [1.54, 1.807) is 18.2 Å². The standard InChI is InChI=1S/C21H20F2N4O2/c22-15-4-1-5-17-19(15)14(21(29)26-17)10-25-13-6-7-18(16(23)9-13)27-8-2-3-12(11-27)20(24)28/h1,4-7,9-10,12,26,29H,2-3,8,11H2,(H2,24,28). The lowest BCUT2D eigenvalue weighted by Crippen LogP contribution is -2.41. The predicted octanol–water partition coefficient (Wildman–Crippen LogP) is 3.60. The number of amides is 1. The van der Waals surface area contributed by atoms with E-state index in [4.69, 9.17) is 5.73 Å². The molecule has 2 heterocycles. The van der Waals surface area contributed by atoms with Crippen molar-refractivity contribution < 1.29 is 18.7 Å². The second-order valence-corrected chi connectivity index (χ2v) is 7.13. The molecule has 0 saturated carbocycles. The van der Waals surface area contributed by atoms with Crippen LogP contribution in [0.5, 0.6) is 5.88 Å². The molecule has 1 saturated heterocycles. The van der Waals surface area contributed by atoms with Gasteiger partial charge in [0.2, 0.25) is 5.91 Å². The Labute approximate surface area is 165 Å². The smallest absolute Gasteiger partial charge is 0.222 e. The number of halogens is 2. The highest BCUT2D eigenvalue weighted by Gasteiger charge is 2.25. The zero-order chi connectivity index (χ0) is 20.5. The van der Waals surface area contributed by atoms with Crippen LogP contribution in [0.3, 0.4) is 0 Å². The topological polar surface area (TPSA) is 94.7 Å². The number of rotatable bonds is 4. The second kappa shape index (κ2) is 7.54. The number of carbonyl (C=O) groups is 1. The molecule has 4 rings (SSSR count). The molecule has 1 fully saturated rings. The van der Waals surface area contributed by atoms with E-state index >= 15 is 0 Å². The van der Waals surface area contributed by atoms with Gasteiger partial charge in [-0.05, 0) is 37.1 Å². The van der Waals surface area contributed by atoms with Crippen molar-refractivity contribution in [3.63, 3.8) is 0 Å². The van der Waals surface area contributed by atoms with E-state index in [-0.39, 0.29) is 28.7 Å². The molecule has 0 aliphatic carbocycles. The van der Waals surface area contributed by atoms with Crippen LogP contribution >= 0.6 is 0 Å². The first kappa shape index (κ1) is 18.9. The molecule has 1 aliphatic heterocycles. The third-order valence-electron chi connectivity index (χ3n) is 5.23. The lowest BCUT2D eigenvalue weighted by molar-refractivity contribution is -0.122. The van der Waals surface area contributed by atoms with Crippen molar-refractivity contribution in [3.8, 4) is 5.88 Å². The minimum Gasteiger partial charge on any atom is -0.494 e. The van der Waals surface area contributed by atoms with Gasteiger partial charge < -0.3 is 20.7 Å². The number of primary amides is 1. The third kappa shape index (κ3) is 3.65. The first-order valence-electron chi connectivity index (χ1n) is 9.31. The molecule has 0 radical (unpaired) electrons. The van der Waals surface area contributed by atoms with Gasteiger partial charge in [-0.15, -0.1) is 0 Å². The van der Waals surface area contributed by atoms with Gasteiger partial charge in [-0.2, -0.15) is 0 Å². The van der Waals surface area contributed by atoms with Crippen molar-refractivity contribution in [2.24, 2.45) is 16.6 Å². The summed E-state index contributed by atoms with van der Waals surface area (Å²) in [6.07, 6.45) is 2.77. The summed E-state index contributed by atoms with van der Waals surface area (Å²) in [5.41, 5.74) is 6.74. The summed E-state index contributed by atoms with van der Waals surface area (Å²) < 4.78 is 28.8. The van der Waals surface area contributed by atoms with Crippen LogP contribution in [0.25, 0.3) is 10.9 Å². The van der Waals surface area contributed by atoms with Crippen LogP contribution in [0.15, 0.2) is 41.4 Å². The first-order chi connectivity index (χ1) is 13.9. The molecule has 1 aromatic heterocycles. The van der Waals surface area contributed by atoms with E-state index in [0.29, 0.717) is 36.4 Å². The average Bonchev–Trinajstić information content (AvgIpc) is 3.03. The van der Waals surface area contributed by atoms with Crippen LogP contribution in [-0.4, -0.2) is 35.3 Å². The van der Waals surface area contributed by atoms with Crippen LogP contribution in [0.4, 0.5) is 20.2 Å². The van der Waals surface area contributed by atoms with Crippen molar-refractivity contribution in [2.75, 3.05) is 18.0 Å². The number of nitrogens with one attached hydrogen (secondary N) is 1. The Morgan fingerprint density at radius 3 is 2.86 bits per heavy atom. The average molecular weight is 398 g/mol. The van der Waals surface area contributed by atoms with Gasteiger partial charge in [0.25, 0.3) is 0 Å².